The number of carbonyl (C=O) groups is 2. The van der Waals surface area contributed by atoms with Crippen LogP contribution in [0, 0.1) is 0 Å². The topological polar surface area (TPSA) is 58.6 Å². The first-order valence-electron chi connectivity index (χ1n) is 5.90. The normalized spacial score (nSPS) is 15.1. The van der Waals surface area contributed by atoms with Crippen LogP contribution in [0.15, 0.2) is 24.3 Å². The largest absolute Gasteiger partial charge is 0.385 e. The molecule has 0 saturated carbocycles. The second-order valence-corrected chi connectivity index (χ2v) is 4.09. The van der Waals surface area contributed by atoms with Crippen LogP contribution in [0.4, 0.5) is 5.69 Å². The van der Waals surface area contributed by atoms with Crippen LogP contribution in [0.2, 0.25) is 0 Å². The number of hydrogen-bond acceptors (Lipinski definition) is 3. The molecule has 0 radical (unpaired) electrons. The summed E-state index contributed by atoms with van der Waals surface area (Å²) in [6, 6.07) is 7.15. The van der Waals surface area contributed by atoms with Gasteiger partial charge in [-0.25, -0.2) is 0 Å². The molecule has 96 valence electrons. The first kappa shape index (κ1) is 12.6. The van der Waals surface area contributed by atoms with Crippen molar-refractivity contribution in [3.8, 4) is 0 Å². The van der Waals surface area contributed by atoms with Gasteiger partial charge in [0.2, 0.25) is 5.91 Å². The minimum Gasteiger partial charge on any atom is -0.385 e. The quantitative estimate of drug-likeness (QED) is 0.802. The lowest BCUT2D eigenvalue weighted by Crippen LogP contribution is -2.37. The molecule has 0 spiro atoms. The Hall–Kier alpha value is -1.88. The number of carbonyl (C=O) groups excluding carboxylic acids is 2. The number of rotatable bonds is 4. The smallest absolute Gasteiger partial charge is 0.253 e. The Labute approximate surface area is 106 Å². The van der Waals surface area contributed by atoms with Crippen LogP contribution in [0.3, 0.4) is 0 Å². The number of nitrogens with one attached hydrogen (secondary N) is 1. The Bertz CT molecular complexity index is 459. The molecule has 5 nitrogen and oxygen atoms in total. The van der Waals surface area contributed by atoms with E-state index in [1.54, 1.807) is 30.2 Å². The zero-order chi connectivity index (χ0) is 13.0. The van der Waals surface area contributed by atoms with Crippen LogP contribution >= 0.6 is 0 Å². The average Bonchev–Trinajstić information content (AvgIpc) is 2.51. The molecule has 0 bridgehead atoms. The minimum atomic E-state index is -0.201. The maximum Gasteiger partial charge on any atom is 0.253 e. The van der Waals surface area contributed by atoms with Gasteiger partial charge in [0.1, 0.15) is 0 Å². The highest BCUT2D eigenvalue weighted by atomic mass is 16.5. The molecule has 2 rings (SSSR count). The van der Waals surface area contributed by atoms with Gasteiger partial charge in [0.25, 0.3) is 5.91 Å². The molecular weight excluding hydrogens is 232 g/mol. The first-order chi connectivity index (χ1) is 8.74. The summed E-state index contributed by atoms with van der Waals surface area (Å²) in [4.78, 5) is 25.4. The Morgan fingerprint density at radius 1 is 1.33 bits per heavy atom. The van der Waals surface area contributed by atoms with Crippen molar-refractivity contribution in [3.05, 3.63) is 29.8 Å². The molecule has 0 fully saturated rings. The number of fused-ring (bicyclic) bond motifs is 1. The van der Waals surface area contributed by atoms with Gasteiger partial charge in [0, 0.05) is 20.3 Å². The molecule has 18 heavy (non-hydrogen) atoms. The van der Waals surface area contributed by atoms with E-state index in [1.807, 2.05) is 6.07 Å². The van der Waals surface area contributed by atoms with Crippen molar-refractivity contribution in [1.29, 1.82) is 0 Å². The summed E-state index contributed by atoms with van der Waals surface area (Å²) < 4.78 is 4.99. The highest BCUT2D eigenvalue weighted by molar-refractivity contribution is 6.09. The van der Waals surface area contributed by atoms with Gasteiger partial charge in [-0.05, 0) is 18.6 Å². The summed E-state index contributed by atoms with van der Waals surface area (Å²) in [6.07, 6.45) is 0.741. The molecule has 0 aromatic heterocycles. The third kappa shape index (κ3) is 2.51. The molecule has 0 aliphatic carbocycles. The Morgan fingerprint density at radius 3 is 2.89 bits per heavy atom. The molecule has 1 aromatic rings. The number of benzene rings is 1. The Balaban J connectivity index is 2.28. The number of para-hydroxylation sites is 1. The zero-order valence-corrected chi connectivity index (χ0v) is 10.3. The van der Waals surface area contributed by atoms with E-state index in [0.29, 0.717) is 24.4 Å². The monoisotopic (exact) mass is 248 g/mol. The van der Waals surface area contributed by atoms with Gasteiger partial charge in [0.15, 0.2) is 0 Å². The number of amides is 2. The number of nitrogens with zero attached hydrogens (tertiary/aromatic N) is 1. The Morgan fingerprint density at radius 2 is 2.11 bits per heavy atom. The lowest BCUT2D eigenvalue weighted by atomic mass is 10.1. The van der Waals surface area contributed by atoms with Crippen molar-refractivity contribution < 1.29 is 14.3 Å². The van der Waals surface area contributed by atoms with Gasteiger partial charge in [0.05, 0.1) is 17.8 Å². The van der Waals surface area contributed by atoms with Gasteiger partial charge in [-0.15, -0.1) is 0 Å². The molecule has 0 unspecified atom stereocenters. The standard InChI is InChI=1S/C13H16N2O3/c1-18-8-4-7-15-11-6-3-2-5-10(11)13(17)14-9-12(15)16/h2-3,5-6H,4,7-9H2,1H3,(H,14,17). The van der Waals surface area contributed by atoms with E-state index >= 15 is 0 Å². The maximum atomic E-state index is 12.0. The van der Waals surface area contributed by atoms with E-state index in [4.69, 9.17) is 4.74 Å². The van der Waals surface area contributed by atoms with E-state index in [1.165, 1.54) is 0 Å². The van der Waals surface area contributed by atoms with Crippen LogP contribution in [-0.4, -0.2) is 38.6 Å². The highest BCUT2D eigenvalue weighted by Gasteiger charge is 2.25. The number of ether oxygens (including phenoxy) is 1. The first-order valence-corrected chi connectivity index (χ1v) is 5.90. The predicted octanol–water partition coefficient (Wildman–Crippen LogP) is 0.799. The number of hydrogen-bond donors (Lipinski definition) is 1. The lowest BCUT2D eigenvalue weighted by molar-refractivity contribution is -0.117. The van der Waals surface area contributed by atoms with Crippen molar-refractivity contribution in [2.24, 2.45) is 0 Å². The zero-order valence-electron chi connectivity index (χ0n) is 10.3. The predicted molar refractivity (Wildman–Crippen MR) is 67.6 cm³/mol. The SMILES string of the molecule is COCCCN1C(=O)CNC(=O)c2ccccc21. The van der Waals surface area contributed by atoms with Gasteiger partial charge in [-0.1, -0.05) is 12.1 Å². The van der Waals surface area contributed by atoms with Crippen LogP contribution in [0.25, 0.3) is 0 Å². The summed E-state index contributed by atoms with van der Waals surface area (Å²) in [5.74, 6) is -0.294. The van der Waals surface area contributed by atoms with Crippen molar-refractivity contribution >= 4 is 17.5 Å². The van der Waals surface area contributed by atoms with Crippen LogP contribution < -0.4 is 10.2 Å². The van der Waals surface area contributed by atoms with E-state index in [0.717, 1.165) is 6.42 Å². The summed E-state index contributed by atoms with van der Waals surface area (Å²) in [7, 11) is 1.63. The molecule has 0 saturated heterocycles. The van der Waals surface area contributed by atoms with Gasteiger partial charge >= 0.3 is 0 Å². The molecular formula is C13H16N2O3. The molecule has 5 heteroatoms. The summed E-state index contributed by atoms with van der Waals surface area (Å²) in [6.45, 7) is 1.19. The van der Waals surface area contributed by atoms with Crippen LogP contribution in [0.5, 0.6) is 0 Å². The minimum absolute atomic E-state index is 0.0422. The van der Waals surface area contributed by atoms with E-state index in [-0.39, 0.29) is 18.4 Å². The number of anilines is 1. The third-order valence-electron chi connectivity index (χ3n) is 2.87. The lowest BCUT2D eigenvalue weighted by Gasteiger charge is -2.21. The van der Waals surface area contributed by atoms with Gasteiger partial charge in [-0.2, -0.15) is 0 Å². The number of methoxy groups -OCH3 is 1. The highest BCUT2D eigenvalue weighted by Crippen LogP contribution is 2.22. The second kappa shape index (κ2) is 5.64. The summed E-state index contributed by atoms with van der Waals surface area (Å²) in [5.41, 5.74) is 1.22. The summed E-state index contributed by atoms with van der Waals surface area (Å²) >= 11 is 0. The molecule has 1 aliphatic rings. The fraction of sp³-hybridized carbons (Fsp3) is 0.385. The maximum absolute atomic E-state index is 12.0. The van der Waals surface area contributed by atoms with Gasteiger partial charge in [-0.3, -0.25) is 9.59 Å². The van der Waals surface area contributed by atoms with Crippen molar-refractivity contribution in [1.82, 2.24) is 5.32 Å². The molecule has 1 aromatic carbocycles. The third-order valence-corrected chi connectivity index (χ3v) is 2.87. The van der Waals surface area contributed by atoms with Crippen molar-refractivity contribution in [2.75, 3.05) is 31.7 Å². The summed E-state index contributed by atoms with van der Waals surface area (Å²) in [5, 5.41) is 2.61. The Kier molecular flexibility index (Phi) is 3.94. The molecule has 2 amide bonds. The second-order valence-electron chi connectivity index (χ2n) is 4.09. The van der Waals surface area contributed by atoms with E-state index in [9.17, 15) is 9.59 Å². The molecule has 0 atom stereocenters. The van der Waals surface area contributed by atoms with E-state index in [2.05, 4.69) is 5.32 Å². The van der Waals surface area contributed by atoms with Gasteiger partial charge < -0.3 is 15.0 Å². The fourth-order valence-corrected chi connectivity index (χ4v) is 1.99. The van der Waals surface area contributed by atoms with Crippen LogP contribution in [-0.2, 0) is 9.53 Å². The van der Waals surface area contributed by atoms with Crippen molar-refractivity contribution in [3.63, 3.8) is 0 Å². The van der Waals surface area contributed by atoms with Crippen molar-refractivity contribution in [2.45, 2.75) is 6.42 Å². The van der Waals surface area contributed by atoms with Crippen LogP contribution in [0.1, 0.15) is 16.8 Å². The molecule has 1 heterocycles. The average molecular weight is 248 g/mol. The molecule has 1 N–H and O–H groups in total. The fourth-order valence-electron chi connectivity index (χ4n) is 1.99. The molecule has 1 aliphatic heterocycles. The van der Waals surface area contributed by atoms with E-state index < -0.39 is 0 Å².